The SMILES string of the molecule is O=C(Nc1cccc(C(F)(F)F)c1)N[C@@H]1CCNC1. The maximum atomic E-state index is 12.5. The number of urea groups is 1. The van der Waals surface area contributed by atoms with Crippen LogP contribution in [0.15, 0.2) is 24.3 Å². The lowest BCUT2D eigenvalue weighted by Crippen LogP contribution is -2.39. The molecule has 1 fully saturated rings. The smallest absolute Gasteiger partial charge is 0.334 e. The second kappa shape index (κ2) is 5.48. The number of benzene rings is 1. The quantitative estimate of drug-likeness (QED) is 0.773. The van der Waals surface area contributed by atoms with Gasteiger partial charge in [0.05, 0.1) is 5.56 Å². The first-order chi connectivity index (χ1) is 8.95. The number of carbonyl (C=O) groups excluding carboxylic acids is 1. The second-order valence-corrected chi connectivity index (χ2v) is 4.37. The highest BCUT2D eigenvalue weighted by Crippen LogP contribution is 2.30. The summed E-state index contributed by atoms with van der Waals surface area (Å²) in [6.07, 6.45) is -3.60. The number of anilines is 1. The van der Waals surface area contributed by atoms with Gasteiger partial charge in [0.1, 0.15) is 0 Å². The topological polar surface area (TPSA) is 53.2 Å². The Morgan fingerprint density at radius 1 is 1.37 bits per heavy atom. The summed E-state index contributed by atoms with van der Waals surface area (Å²) >= 11 is 0. The van der Waals surface area contributed by atoms with Crippen LogP contribution in [0.25, 0.3) is 0 Å². The van der Waals surface area contributed by atoms with E-state index in [4.69, 9.17) is 0 Å². The number of hydrogen-bond donors (Lipinski definition) is 3. The largest absolute Gasteiger partial charge is 0.416 e. The molecule has 1 saturated heterocycles. The Kier molecular flexibility index (Phi) is 3.94. The van der Waals surface area contributed by atoms with Crippen molar-refractivity contribution in [1.29, 1.82) is 0 Å². The molecule has 2 rings (SSSR count). The first-order valence-corrected chi connectivity index (χ1v) is 5.90. The van der Waals surface area contributed by atoms with Gasteiger partial charge >= 0.3 is 12.2 Å². The van der Waals surface area contributed by atoms with E-state index in [2.05, 4.69) is 16.0 Å². The average Bonchev–Trinajstić information content (AvgIpc) is 2.80. The van der Waals surface area contributed by atoms with Crippen LogP contribution in [0.2, 0.25) is 0 Å². The monoisotopic (exact) mass is 273 g/mol. The van der Waals surface area contributed by atoms with Crippen molar-refractivity contribution in [2.45, 2.75) is 18.6 Å². The summed E-state index contributed by atoms with van der Waals surface area (Å²) in [6, 6.07) is 4.08. The molecule has 1 aromatic carbocycles. The number of rotatable bonds is 2. The van der Waals surface area contributed by atoms with Crippen LogP contribution in [0.3, 0.4) is 0 Å². The molecule has 1 heterocycles. The first kappa shape index (κ1) is 13.7. The molecule has 1 aliphatic heterocycles. The molecule has 0 aliphatic carbocycles. The van der Waals surface area contributed by atoms with Gasteiger partial charge in [-0.2, -0.15) is 13.2 Å². The predicted molar refractivity (Wildman–Crippen MR) is 64.9 cm³/mol. The van der Waals surface area contributed by atoms with Crippen molar-refractivity contribution >= 4 is 11.7 Å². The Morgan fingerprint density at radius 3 is 2.79 bits per heavy atom. The van der Waals surface area contributed by atoms with Gasteiger partial charge in [-0.15, -0.1) is 0 Å². The Morgan fingerprint density at radius 2 is 2.16 bits per heavy atom. The maximum absolute atomic E-state index is 12.5. The number of halogens is 3. The molecule has 7 heteroatoms. The molecule has 0 saturated carbocycles. The Balaban J connectivity index is 1.96. The molecule has 0 radical (unpaired) electrons. The summed E-state index contributed by atoms with van der Waals surface area (Å²) < 4.78 is 37.5. The van der Waals surface area contributed by atoms with Crippen LogP contribution >= 0.6 is 0 Å². The minimum Gasteiger partial charge on any atom is -0.334 e. The van der Waals surface area contributed by atoms with Crippen molar-refractivity contribution in [3.05, 3.63) is 29.8 Å². The van der Waals surface area contributed by atoms with E-state index in [1.807, 2.05) is 0 Å². The van der Waals surface area contributed by atoms with E-state index in [1.165, 1.54) is 12.1 Å². The molecule has 19 heavy (non-hydrogen) atoms. The van der Waals surface area contributed by atoms with E-state index >= 15 is 0 Å². The molecule has 0 bridgehead atoms. The van der Waals surface area contributed by atoms with Crippen molar-refractivity contribution in [3.8, 4) is 0 Å². The molecular weight excluding hydrogens is 259 g/mol. The van der Waals surface area contributed by atoms with Crippen LogP contribution in [0.4, 0.5) is 23.7 Å². The van der Waals surface area contributed by atoms with Crippen LogP contribution in [0.1, 0.15) is 12.0 Å². The highest BCUT2D eigenvalue weighted by atomic mass is 19.4. The normalized spacial score (nSPS) is 19.2. The number of hydrogen-bond acceptors (Lipinski definition) is 2. The van der Waals surface area contributed by atoms with Crippen LogP contribution in [0, 0.1) is 0 Å². The fourth-order valence-electron chi connectivity index (χ4n) is 1.90. The molecule has 1 aromatic rings. The second-order valence-electron chi connectivity index (χ2n) is 4.37. The van der Waals surface area contributed by atoms with Crippen LogP contribution < -0.4 is 16.0 Å². The molecule has 2 amide bonds. The van der Waals surface area contributed by atoms with Crippen molar-refractivity contribution in [1.82, 2.24) is 10.6 Å². The molecule has 104 valence electrons. The molecule has 1 aliphatic rings. The third-order valence-corrected chi connectivity index (χ3v) is 2.84. The van der Waals surface area contributed by atoms with E-state index in [0.717, 1.165) is 25.1 Å². The van der Waals surface area contributed by atoms with Gasteiger partial charge in [0, 0.05) is 18.3 Å². The van der Waals surface area contributed by atoms with Crippen LogP contribution in [0.5, 0.6) is 0 Å². The van der Waals surface area contributed by atoms with E-state index in [1.54, 1.807) is 0 Å². The van der Waals surface area contributed by atoms with E-state index < -0.39 is 17.8 Å². The summed E-state index contributed by atoms with van der Waals surface area (Å²) in [7, 11) is 0. The summed E-state index contributed by atoms with van der Waals surface area (Å²) in [5, 5.41) is 8.17. The average molecular weight is 273 g/mol. The molecule has 0 aromatic heterocycles. The minimum absolute atomic E-state index is 0.0193. The fourth-order valence-corrected chi connectivity index (χ4v) is 1.90. The zero-order chi connectivity index (χ0) is 13.9. The van der Waals surface area contributed by atoms with Gasteiger partial charge in [0.2, 0.25) is 0 Å². The lowest BCUT2D eigenvalue weighted by molar-refractivity contribution is -0.137. The summed E-state index contributed by atoms with van der Waals surface area (Å²) in [5.41, 5.74) is -0.661. The van der Waals surface area contributed by atoms with E-state index in [9.17, 15) is 18.0 Å². The van der Waals surface area contributed by atoms with Gasteiger partial charge in [0.15, 0.2) is 0 Å². The number of alkyl halides is 3. The maximum Gasteiger partial charge on any atom is 0.416 e. The van der Waals surface area contributed by atoms with Crippen LogP contribution in [-0.4, -0.2) is 25.2 Å². The predicted octanol–water partition coefficient (Wildman–Crippen LogP) is 2.19. The van der Waals surface area contributed by atoms with Crippen molar-refractivity contribution in [3.63, 3.8) is 0 Å². The fraction of sp³-hybridized carbons (Fsp3) is 0.417. The third kappa shape index (κ3) is 3.85. The highest BCUT2D eigenvalue weighted by molar-refractivity contribution is 5.89. The lowest BCUT2D eigenvalue weighted by atomic mass is 10.2. The van der Waals surface area contributed by atoms with Gasteiger partial charge < -0.3 is 16.0 Å². The minimum atomic E-state index is -4.41. The molecule has 3 N–H and O–H groups in total. The van der Waals surface area contributed by atoms with Gasteiger partial charge in [0.25, 0.3) is 0 Å². The van der Waals surface area contributed by atoms with E-state index in [0.29, 0.717) is 6.54 Å². The summed E-state index contributed by atoms with van der Waals surface area (Å²) in [5.74, 6) is 0. The van der Waals surface area contributed by atoms with Crippen molar-refractivity contribution in [2.75, 3.05) is 18.4 Å². The number of carbonyl (C=O) groups is 1. The lowest BCUT2D eigenvalue weighted by Gasteiger charge is -2.13. The Bertz CT molecular complexity index is 456. The zero-order valence-electron chi connectivity index (χ0n) is 10.1. The van der Waals surface area contributed by atoms with E-state index in [-0.39, 0.29) is 11.7 Å². The molecular formula is C12H14F3N3O. The standard InChI is InChI=1S/C12H14F3N3O/c13-12(14,15)8-2-1-3-9(6-8)17-11(19)18-10-4-5-16-7-10/h1-3,6,10,16H,4-5,7H2,(H2,17,18,19)/t10-/m1/s1. The first-order valence-electron chi connectivity index (χ1n) is 5.90. The highest BCUT2D eigenvalue weighted by Gasteiger charge is 2.30. The number of nitrogens with one attached hydrogen (secondary N) is 3. The van der Waals surface area contributed by atoms with Crippen molar-refractivity contribution in [2.24, 2.45) is 0 Å². The van der Waals surface area contributed by atoms with Gasteiger partial charge in [-0.1, -0.05) is 6.07 Å². The molecule has 0 spiro atoms. The number of amides is 2. The Hall–Kier alpha value is -1.76. The Labute approximate surface area is 108 Å². The van der Waals surface area contributed by atoms with Crippen molar-refractivity contribution < 1.29 is 18.0 Å². The molecule has 0 unspecified atom stereocenters. The molecule has 4 nitrogen and oxygen atoms in total. The van der Waals surface area contributed by atoms with Crippen LogP contribution in [-0.2, 0) is 6.18 Å². The summed E-state index contributed by atoms with van der Waals surface area (Å²) in [6.45, 7) is 1.50. The van der Waals surface area contributed by atoms with Gasteiger partial charge in [-0.25, -0.2) is 4.79 Å². The van der Waals surface area contributed by atoms with Gasteiger partial charge in [-0.05, 0) is 31.2 Å². The summed E-state index contributed by atoms with van der Waals surface area (Å²) in [4.78, 5) is 11.6. The van der Waals surface area contributed by atoms with Gasteiger partial charge in [-0.3, -0.25) is 0 Å². The third-order valence-electron chi connectivity index (χ3n) is 2.84. The molecule has 1 atom stereocenters. The zero-order valence-corrected chi connectivity index (χ0v) is 10.1.